The van der Waals surface area contributed by atoms with Gasteiger partial charge in [-0.3, -0.25) is 4.79 Å². The molecule has 1 amide bonds. The van der Waals surface area contributed by atoms with E-state index in [-0.39, 0.29) is 5.91 Å². The van der Waals surface area contributed by atoms with Crippen molar-refractivity contribution in [3.8, 4) is 0 Å². The van der Waals surface area contributed by atoms with E-state index in [9.17, 15) is 4.79 Å². The van der Waals surface area contributed by atoms with Crippen LogP contribution in [-0.2, 0) is 6.42 Å². The zero-order valence-corrected chi connectivity index (χ0v) is 17.4. The molecule has 1 saturated carbocycles. The van der Waals surface area contributed by atoms with Crippen LogP contribution in [0.25, 0.3) is 0 Å². The first-order chi connectivity index (χ1) is 14.2. The fourth-order valence-corrected chi connectivity index (χ4v) is 4.65. The van der Waals surface area contributed by atoms with Crippen LogP contribution in [0.3, 0.4) is 0 Å². The second-order valence-corrected chi connectivity index (χ2v) is 8.59. The largest absolute Gasteiger partial charge is 0.356 e. The van der Waals surface area contributed by atoms with E-state index < -0.39 is 0 Å². The maximum atomic E-state index is 12.7. The van der Waals surface area contributed by atoms with Crippen LogP contribution in [-0.4, -0.2) is 35.0 Å². The normalized spacial score (nSPS) is 18.6. The Hall–Kier alpha value is -2.43. The van der Waals surface area contributed by atoms with E-state index >= 15 is 0 Å². The minimum atomic E-state index is -0.0531. The molecule has 1 N–H and O–H groups in total. The standard InChI is InChI=1S/C24H32N4O/c1-18-25-22(24(29)27-21-10-6-3-7-11-21)17-23(26-18)28-14-12-20(13-15-28)16-19-8-4-2-5-9-19/h2,4-5,8-9,17,20-21H,3,6-7,10-16H2,1H3,(H,27,29). The molecule has 0 radical (unpaired) electrons. The highest BCUT2D eigenvalue weighted by Crippen LogP contribution is 2.25. The number of piperidine rings is 1. The van der Waals surface area contributed by atoms with Crippen molar-refractivity contribution >= 4 is 11.7 Å². The van der Waals surface area contributed by atoms with Gasteiger partial charge in [0.15, 0.2) is 0 Å². The summed E-state index contributed by atoms with van der Waals surface area (Å²) in [5.41, 5.74) is 1.93. The monoisotopic (exact) mass is 392 g/mol. The number of aryl methyl sites for hydroxylation is 1. The van der Waals surface area contributed by atoms with E-state index in [0.717, 1.165) is 51.0 Å². The Bertz CT molecular complexity index is 809. The molecule has 0 bridgehead atoms. The van der Waals surface area contributed by atoms with Gasteiger partial charge in [0.25, 0.3) is 5.91 Å². The van der Waals surface area contributed by atoms with Crippen molar-refractivity contribution in [2.45, 2.75) is 64.3 Å². The Morgan fingerprint density at radius 1 is 1.03 bits per heavy atom. The molecule has 5 nitrogen and oxygen atoms in total. The summed E-state index contributed by atoms with van der Waals surface area (Å²) in [5.74, 6) is 2.22. The number of anilines is 1. The van der Waals surface area contributed by atoms with Crippen LogP contribution in [0.5, 0.6) is 0 Å². The minimum Gasteiger partial charge on any atom is -0.356 e. The van der Waals surface area contributed by atoms with E-state index in [1.165, 1.54) is 24.8 Å². The van der Waals surface area contributed by atoms with Crippen LogP contribution in [0.2, 0.25) is 0 Å². The molecule has 0 spiro atoms. The Kier molecular flexibility index (Phi) is 6.43. The van der Waals surface area contributed by atoms with Gasteiger partial charge in [-0.2, -0.15) is 0 Å². The molecule has 2 aliphatic rings. The van der Waals surface area contributed by atoms with Gasteiger partial charge in [-0.15, -0.1) is 0 Å². The topological polar surface area (TPSA) is 58.1 Å². The molecule has 2 fully saturated rings. The van der Waals surface area contributed by atoms with Gasteiger partial charge < -0.3 is 10.2 Å². The molecule has 154 valence electrons. The maximum Gasteiger partial charge on any atom is 0.270 e. The zero-order chi connectivity index (χ0) is 20.1. The van der Waals surface area contributed by atoms with Crippen LogP contribution in [0, 0.1) is 12.8 Å². The summed E-state index contributed by atoms with van der Waals surface area (Å²) >= 11 is 0. The van der Waals surface area contributed by atoms with Crippen LogP contribution in [0.15, 0.2) is 36.4 Å². The van der Waals surface area contributed by atoms with Crippen LogP contribution >= 0.6 is 0 Å². The Morgan fingerprint density at radius 3 is 2.48 bits per heavy atom. The summed E-state index contributed by atoms with van der Waals surface area (Å²) in [6, 6.07) is 12.9. The lowest BCUT2D eigenvalue weighted by Gasteiger charge is -2.33. The number of amides is 1. The zero-order valence-electron chi connectivity index (χ0n) is 17.4. The predicted octanol–water partition coefficient (Wildman–Crippen LogP) is 4.31. The first-order valence-corrected chi connectivity index (χ1v) is 11.1. The highest BCUT2D eigenvalue weighted by Gasteiger charge is 2.23. The van der Waals surface area contributed by atoms with Gasteiger partial charge in [-0.25, -0.2) is 9.97 Å². The molecule has 0 atom stereocenters. The third-order valence-corrected chi connectivity index (χ3v) is 6.30. The molecular weight excluding hydrogens is 360 g/mol. The number of hydrogen-bond donors (Lipinski definition) is 1. The van der Waals surface area contributed by atoms with E-state index in [1.807, 2.05) is 13.0 Å². The summed E-state index contributed by atoms with van der Waals surface area (Å²) in [7, 11) is 0. The average molecular weight is 393 g/mol. The Balaban J connectivity index is 1.37. The first kappa shape index (κ1) is 19.9. The van der Waals surface area contributed by atoms with Crippen molar-refractivity contribution in [3.05, 3.63) is 53.5 Å². The van der Waals surface area contributed by atoms with Gasteiger partial charge in [0.1, 0.15) is 17.3 Å². The fraction of sp³-hybridized carbons (Fsp3) is 0.542. The second kappa shape index (κ2) is 9.38. The highest BCUT2D eigenvalue weighted by molar-refractivity contribution is 5.93. The molecule has 2 aromatic rings. The van der Waals surface area contributed by atoms with Gasteiger partial charge in [0.2, 0.25) is 0 Å². The van der Waals surface area contributed by atoms with Gasteiger partial charge in [0, 0.05) is 25.2 Å². The first-order valence-electron chi connectivity index (χ1n) is 11.1. The molecule has 0 unspecified atom stereocenters. The number of nitrogens with zero attached hydrogens (tertiary/aromatic N) is 3. The Labute approximate surface area is 173 Å². The van der Waals surface area contributed by atoms with E-state index in [4.69, 9.17) is 0 Å². The molecule has 1 aliphatic carbocycles. The van der Waals surface area contributed by atoms with Crippen LogP contribution in [0.1, 0.15) is 66.8 Å². The summed E-state index contributed by atoms with van der Waals surface area (Å²) in [4.78, 5) is 24.1. The van der Waals surface area contributed by atoms with Crippen LogP contribution < -0.4 is 10.2 Å². The highest BCUT2D eigenvalue weighted by atomic mass is 16.1. The lowest BCUT2D eigenvalue weighted by Crippen LogP contribution is -2.37. The lowest BCUT2D eigenvalue weighted by atomic mass is 9.90. The van der Waals surface area contributed by atoms with Gasteiger partial charge >= 0.3 is 0 Å². The van der Waals surface area contributed by atoms with Gasteiger partial charge in [-0.1, -0.05) is 49.6 Å². The average Bonchev–Trinajstić information content (AvgIpc) is 2.75. The molecule has 1 aromatic heterocycles. The SMILES string of the molecule is Cc1nc(C(=O)NC2CCCCC2)cc(N2CCC(Cc3ccccc3)CC2)n1. The number of hydrogen-bond acceptors (Lipinski definition) is 4. The molecular formula is C24H32N4O. The van der Waals surface area contributed by atoms with Crippen molar-refractivity contribution in [3.63, 3.8) is 0 Å². The quantitative estimate of drug-likeness (QED) is 0.824. The smallest absolute Gasteiger partial charge is 0.270 e. The molecule has 1 aromatic carbocycles. The Morgan fingerprint density at radius 2 is 1.76 bits per heavy atom. The summed E-state index contributed by atoms with van der Waals surface area (Å²) in [5, 5.41) is 3.18. The number of nitrogens with one attached hydrogen (secondary N) is 1. The number of rotatable bonds is 5. The molecule has 2 heterocycles. The molecule has 4 rings (SSSR count). The number of benzene rings is 1. The predicted molar refractivity (Wildman–Crippen MR) is 116 cm³/mol. The van der Waals surface area contributed by atoms with Crippen LogP contribution in [0.4, 0.5) is 5.82 Å². The number of carbonyl (C=O) groups is 1. The summed E-state index contributed by atoms with van der Waals surface area (Å²) in [6.07, 6.45) is 9.31. The third kappa shape index (κ3) is 5.34. The summed E-state index contributed by atoms with van der Waals surface area (Å²) in [6.45, 7) is 3.85. The fourth-order valence-electron chi connectivity index (χ4n) is 4.65. The third-order valence-electron chi connectivity index (χ3n) is 6.30. The van der Waals surface area contributed by atoms with E-state index in [1.54, 1.807) is 0 Å². The molecule has 29 heavy (non-hydrogen) atoms. The lowest BCUT2D eigenvalue weighted by molar-refractivity contribution is 0.0922. The van der Waals surface area contributed by atoms with Crippen molar-refractivity contribution in [1.29, 1.82) is 0 Å². The number of aromatic nitrogens is 2. The van der Waals surface area contributed by atoms with E-state index in [0.29, 0.717) is 23.5 Å². The molecule has 1 saturated heterocycles. The van der Waals surface area contributed by atoms with Gasteiger partial charge in [-0.05, 0) is 50.5 Å². The van der Waals surface area contributed by atoms with Gasteiger partial charge in [0.05, 0.1) is 0 Å². The molecule has 1 aliphatic heterocycles. The van der Waals surface area contributed by atoms with Crippen molar-refractivity contribution < 1.29 is 4.79 Å². The van der Waals surface area contributed by atoms with Crippen molar-refractivity contribution in [2.24, 2.45) is 5.92 Å². The van der Waals surface area contributed by atoms with Crippen molar-refractivity contribution in [1.82, 2.24) is 15.3 Å². The maximum absolute atomic E-state index is 12.7. The molecule has 5 heteroatoms. The number of carbonyl (C=O) groups excluding carboxylic acids is 1. The second-order valence-electron chi connectivity index (χ2n) is 8.59. The minimum absolute atomic E-state index is 0.0531. The van der Waals surface area contributed by atoms with Crippen molar-refractivity contribution in [2.75, 3.05) is 18.0 Å². The summed E-state index contributed by atoms with van der Waals surface area (Å²) < 4.78 is 0. The van der Waals surface area contributed by atoms with E-state index in [2.05, 4.69) is 50.5 Å².